The summed E-state index contributed by atoms with van der Waals surface area (Å²) in [6, 6.07) is 0. The second-order valence-electron chi connectivity index (χ2n) is 2.02. The average molecular weight is 222 g/mol. The molecule has 0 aromatic carbocycles. The molecular formula is C4H5N7NaO3+. The van der Waals surface area contributed by atoms with E-state index in [1.54, 1.807) is 0 Å². The summed E-state index contributed by atoms with van der Waals surface area (Å²) in [5.41, 5.74) is 0. The first-order chi connectivity index (χ1) is 6.84. The van der Waals surface area contributed by atoms with E-state index in [1.165, 1.54) is 12.4 Å². The molecule has 0 aliphatic rings. The summed E-state index contributed by atoms with van der Waals surface area (Å²) in [6.07, 6.45) is 2.41. The molecule has 0 aliphatic heterocycles. The predicted molar refractivity (Wildman–Crippen MR) is 38.8 cm³/mol. The van der Waals surface area contributed by atoms with Crippen LogP contribution >= 0.6 is 0 Å². The van der Waals surface area contributed by atoms with Gasteiger partial charge in [-0.05, 0) is 0 Å². The monoisotopic (exact) mass is 222 g/mol. The molecule has 2 rings (SSSR count). The zero-order valence-corrected chi connectivity index (χ0v) is 9.62. The van der Waals surface area contributed by atoms with Crippen LogP contribution in [-0.2, 0) is 0 Å². The molecule has 0 aliphatic carbocycles. The maximum absolute atomic E-state index is 10.9. The summed E-state index contributed by atoms with van der Waals surface area (Å²) in [4.78, 5) is 19.9. The smallest absolute Gasteiger partial charge is 1.00 e. The molecule has 11 heteroatoms. The van der Waals surface area contributed by atoms with Crippen molar-refractivity contribution in [3.63, 3.8) is 0 Å². The third-order valence-electron chi connectivity index (χ3n) is 1.12. The van der Waals surface area contributed by atoms with Gasteiger partial charge in [0, 0.05) is 0 Å². The van der Waals surface area contributed by atoms with Crippen LogP contribution in [0.15, 0.2) is 12.4 Å². The van der Waals surface area contributed by atoms with Gasteiger partial charge in [-0.3, -0.25) is 0 Å². The second-order valence-corrected chi connectivity index (χ2v) is 2.02. The first-order valence-corrected chi connectivity index (χ1v) is 3.39. The number of aromatic amines is 2. The van der Waals surface area contributed by atoms with E-state index in [1.807, 2.05) is 0 Å². The minimum absolute atomic E-state index is 0. The van der Waals surface area contributed by atoms with E-state index < -0.39 is 0 Å². The first kappa shape index (κ1) is 11.6. The van der Waals surface area contributed by atoms with Crippen molar-refractivity contribution in [2.24, 2.45) is 0 Å². The summed E-state index contributed by atoms with van der Waals surface area (Å²) in [5.74, 6) is -0.0491. The Hall–Kier alpha value is -1.52. The molecule has 15 heavy (non-hydrogen) atoms. The van der Waals surface area contributed by atoms with Crippen molar-refractivity contribution in [1.82, 2.24) is 30.8 Å². The third kappa shape index (κ3) is 3.27. The van der Waals surface area contributed by atoms with E-state index in [2.05, 4.69) is 40.5 Å². The van der Waals surface area contributed by atoms with E-state index in [-0.39, 0.29) is 47.8 Å². The molecule has 0 unspecified atom stereocenters. The van der Waals surface area contributed by atoms with E-state index >= 15 is 0 Å². The molecule has 2 aromatic heterocycles. The molecule has 0 bridgehead atoms. The molecule has 0 fully saturated rings. The Bertz CT molecular complexity index is 367. The van der Waals surface area contributed by atoms with Crippen LogP contribution in [-0.4, -0.2) is 35.9 Å². The fraction of sp³-hybridized carbons (Fsp3) is 0. The molecule has 0 saturated carbocycles. The summed E-state index contributed by atoms with van der Waals surface area (Å²) >= 11 is 0. The summed E-state index contributed by atoms with van der Waals surface area (Å²) < 4.78 is 0. The number of H-pyrrole nitrogens is 2. The van der Waals surface area contributed by atoms with Gasteiger partial charge in [0.05, 0.1) is 0 Å². The molecule has 0 radical (unpaired) electrons. The van der Waals surface area contributed by atoms with Crippen LogP contribution in [0.1, 0.15) is 1.43 Å². The van der Waals surface area contributed by atoms with Crippen molar-refractivity contribution < 1.29 is 45.7 Å². The van der Waals surface area contributed by atoms with Crippen molar-refractivity contribution in [2.75, 3.05) is 0 Å². The standard InChI is InChI=1S/C4H4N7O3.Na.H/c12-11(13-3-1-5-9-7-3)14-4-2-6-10-8-4;;/h1-2H,(H,5,7,9)(H,6,8,10);;/q2*+1;-1. The van der Waals surface area contributed by atoms with Crippen LogP contribution in [0.2, 0.25) is 0 Å². The number of nitrogens with one attached hydrogen (secondary N) is 2. The Labute approximate surface area is 106 Å². The van der Waals surface area contributed by atoms with Gasteiger partial charge < -0.3 is 1.43 Å². The molecule has 0 atom stereocenters. The SMILES string of the molecule is O=[N+](Oc1cn[nH]n1)Oc1cn[nH]n1.[H-].[Na+]. The molecule has 0 spiro atoms. The van der Waals surface area contributed by atoms with E-state index in [0.29, 0.717) is 0 Å². The first-order valence-electron chi connectivity index (χ1n) is 3.39. The van der Waals surface area contributed by atoms with Crippen LogP contribution in [0.5, 0.6) is 11.8 Å². The molecule has 2 N–H and O–H groups in total. The number of hydrogen-bond donors (Lipinski definition) is 2. The quantitative estimate of drug-likeness (QED) is 0.400. The van der Waals surface area contributed by atoms with Crippen LogP contribution in [0.3, 0.4) is 0 Å². The largest absolute Gasteiger partial charge is 1.00 e. The molecular weight excluding hydrogens is 217 g/mol. The number of rotatable bonds is 4. The number of hydrogen-bond acceptors (Lipinski definition) is 7. The summed E-state index contributed by atoms with van der Waals surface area (Å²) in [7, 11) is 0. The topological polar surface area (TPSA) is 122 Å². The van der Waals surface area contributed by atoms with Crippen LogP contribution < -0.4 is 39.2 Å². The Morgan fingerprint density at radius 3 is 1.93 bits per heavy atom. The van der Waals surface area contributed by atoms with Crippen molar-refractivity contribution in [3.05, 3.63) is 17.3 Å². The van der Waals surface area contributed by atoms with Crippen LogP contribution in [0.25, 0.3) is 0 Å². The van der Waals surface area contributed by atoms with Crippen molar-refractivity contribution in [2.45, 2.75) is 0 Å². The maximum atomic E-state index is 10.9. The number of aromatic nitrogens is 6. The normalized spacial score (nSPS) is 9.07. The summed E-state index contributed by atoms with van der Waals surface area (Å²) in [5, 5.41) is 18.1. The van der Waals surface area contributed by atoms with Gasteiger partial charge in [0.25, 0.3) is 0 Å². The van der Waals surface area contributed by atoms with Crippen LogP contribution in [0, 0.1) is 4.91 Å². The average Bonchev–Trinajstić information content (AvgIpc) is 2.76. The molecule has 2 heterocycles. The Kier molecular flexibility index (Phi) is 4.15. The fourth-order valence-electron chi connectivity index (χ4n) is 0.642. The Balaban J connectivity index is 0.00000112. The fourth-order valence-corrected chi connectivity index (χ4v) is 0.642. The predicted octanol–water partition coefficient (Wildman–Crippen LogP) is -3.89. The maximum Gasteiger partial charge on any atom is 1.00 e. The van der Waals surface area contributed by atoms with Gasteiger partial charge in [0.1, 0.15) is 17.3 Å². The van der Waals surface area contributed by atoms with Crippen molar-refractivity contribution in [3.8, 4) is 11.8 Å². The van der Waals surface area contributed by atoms with Crippen LogP contribution in [0.4, 0.5) is 0 Å². The minimum Gasteiger partial charge on any atom is -1.00 e. The minimum atomic E-state index is -0.171. The van der Waals surface area contributed by atoms with Crippen molar-refractivity contribution in [1.29, 1.82) is 0 Å². The Morgan fingerprint density at radius 2 is 1.60 bits per heavy atom. The van der Waals surface area contributed by atoms with Gasteiger partial charge in [-0.1, -0.05) is 0 Å². The summed E-state index contributed by atoms with van der Waals surface area (Å²) in [6.45, 7) is 0. The molecule has 74 valence electrons. The van der Waals surface area contributed by atoms with E-state index in [9.17, 15) is 4.91 Å². The van der Waals surface area contributed by atoms with Gasteiger partial charge in [-0.15, -0.1) is 19.9 Å². The zero-order valence-electron chi connectivity index (χ0n) is 8.62. The van der Waals surface area contributed by atoms with Gasteiger partial charge in [-0.2, -0.15) is 20.6 Å². The zero-order chi connectivity index (χ0) is 9.80. The second kappa shape index (κ2) is 5.38. The van der Waals surface area contributed by atoms with Gasteiger partial charge in [-0.25, -0.2) is 0 Å². The number of nitrogens with zero attached hydrogens (tertiary/aromatic N) is 5. The van der Waals surface area contributed by atoms with E-state index in [0.717, 1.165) is 0 Å². The third-order valence-corrected chi connectivity index (χ3v) is 1.12. The molecule has 0 amide bonds. The van der Waals surface area contributed by atoms with E-state index in [4.69, 9.17) is 0 Å². The molecule has 10 nitrogen and oxygen atoms in total. The molecule has 0 saturated heterocycles. The molecule has 2 aromatic rings. The van der Waals surface area contributed by atoms with Crippen molar-refractivity contribution >= 4 is 0 Å². The van der Waals surface area contributed by atoms with Gasteiger partial charge in [0.15, 0.2) is 0 Å². The Morgan fingerprint density at radius 1 is 1.13 bits per heavy atom. The van der Waals surface area contributed by atoms with Gasteiger partial charge in [0.2, 0.25) is 0 Å². The van der Waals surface area contributed by atoms with Gasteiger partial charge >= 0.3 is 46.4 Å².